The number of thiocarbonyl (C=S) groups is 1. The molecule has 2 aromatic rings. The van der Waals surface area contributed by atoms with Crippen LogP contribution in [0.1, 0.15) is 5.56 Å². The maximum Gasteiger partial charge on any atom is 0.193 e. The molecule has 0 heterocycles. The predicted molar refractivity (Wildman–Crippen MR) is 84.5 cm³/mol. The van der Waals surface area contributed by atoms with E-state index < -0.39 is 0 Å². The maximum absolute atomic E-state index is 5.28. The highest BCUT2D eigenvalue weighted by Gasteiger charge is 2.01. The van der Waals surface area contributed by atoms with E-state index in [1.54, 1.807) is 11.2 Å². The molecule has 3 nitrogen and oxygen atoms in total. The van der Waals surface area contributed by atoms with Crippen LogP contribution in [-0.2, 0) is 0 Å². The standard InChI is InChI=1S/C15H15N3S/c1-18(16-12-13-8-4-2-5-9-13)15(19)17-14-10-6-3-7-11-14/h2-12H,1H3,(H,17,19)/b16-12-. The van der Waals surface area contributed by atoms with Crippen LogP contribution in [0.2, 0.25) is 0 Å². The minimum atomic E-state index is 0.554. The van der Waals surface area contributed by atoms with Crippen LogP contribution in [0.25, 0.3) is 0 Å². The molecule has 0 aliphatic carbocycles. The lowest BCUT2D eigenvalue weighted by Crippen LogP contribution is -2.26. The Labute approximate surface area is 118 Å². The van der Waals surface area contributed by atoms with Crippen LogP contribution in [0, 0.1) is 0 Å². The normalized spacial score (nSPS) is 10.4. The van der Waals surface area contributed by atoms with Gasteiger partial charge in [-0.05, 0) is 29.9 Å². The summed E-state index contributed by atoms with van der Waals surface area (Å²) < 4.78 is 0. The molecule has 0 bridgehead atoms. The number of anilines is 1. The smallest absolute Gasteiger partial charge is 0.193 e. The summed E-state index contributed by atoms with van der Waals surface area (Å²) >= 11 is 5.28. The molecule has 1 N–H and O–H groups in total. The number of para-hydroxylation sites is 1. The SMILES string of the molecule is CN(/N=C\c1ccccc1)C(=S)Nc1ccccc1. The van der Waals surface area contributed by atoms with E-state index in [2.05, 4.69) is 10.4 Å². The number of rotatable bonds is 3. The van der Waals surface area contributed by atoms with E-state index in [1.807, 2.05) is 67.7 Å². The van der Waals surface area contributed by atoms with Crippen LogP contribution in [-0.4, -0.2) is 23.4 Å². The second kappa shape index (κ2) is 6.66. The van der Waals surface area contributed by atoms with E-state index in [-0.39, 0.29) is 0 Å². The van der Waals surface area contributed by atoms with Crippen LogP contribution in [0.4, 0.5) is 5.69 Å². The molecule has 0 aliphatic heterocycles. The third-order valence-corrected chi connectivity index (χ3v) is 2.86. The van der Waals surface area contributed by atoms with Crippen molar-refractivity contribution in [3.05, 3.63) is 66.2 Å². The second-order valence-electron chi connectivity index (χ2n) is 3.98. The number of nitrogens with one attached hydrogen (secondary N) is 1. The molecule has 0 saturated carbocycles. The molecule has 0 amide bonds. The first-order chi connectivity index (χ1) is 9.25. The quantitative estimate of drug-likeness (QED) is 0.526. The van der Waals surface area contributed by atoms with Gasteiger partial charge in [-0.15, -0.1) is 0 Å². The van der Waals surface area contributed by atoms with Crippen molar-refractivity contribution in [3.63, 3.8) is 0 Å². The van der Waals surface area contributed by atoms with E-state index in [9.17, 15) is 0 Å². The molecule has 0 aliphatic rings. The summed E-state index contributed by atoms with van der Waals surface area (Å²) in [4.78, 5) is 0. The highest BCUT2D eigenvalue weighted by molar-refractivity contribution is 7.80. The number of benzene rings is 2. The van der Waals surface area contributed by atoms with Crippen molar-refractivity contribution in [2.75, 3.05) is 12.4 Å². The van der Waals surface area contributed by atoms with Crippen molar-refractivity contribution in [2.45, 2.75) is 0 Å². The average Bonchev–Trinajstić information content (AvgIpc) is 2.47. The molecular formula is C15H15N3S. The molecule has 0 spiro atoms. The summed E-state index contributed by atoms with van der Waals surface area (Å²) in [6.07, 6.45) is 1.78. The maximum atomic E-state index is 5.28. The van der Waals surface area contributed by atoms with Gasteiger partial charge in [0, 0.05) is 12.7 Å². The molecule has 0 atom stereocenters. The third kappa shape index (κ3) is 4.19. The van der Waals surface area contributed by atoms with E-state index >= 15 is 0 Å². The monoisotopic (exact) mass is 269 g/mol. The van der Waals surface area contributed by atoms with Gasteiger partial charge in [-0.2, -0.15) is 5.10 Å². The highest BCUT2D eigenvalue weighted by atomic mass is 32.1. The fraction of sp³-hybridized carbons (Fsp3) is 0.0667. The summed E-state index contributed by atoms with van der Waals surface area (Å²) in [6, 6.07) is 19.7. The molecule has 0 fully saturated rings. The molecule has 0 unspecified atom stereocenters. The van der Waals surface area contributed by atoms with Gasteiger partial charge in [-0.1, -0.05) is 48.5 Å². The van der Waals surface area contributed by atoms with Crippen LogP contribution < -0.4 is 5.32 Å². The molecule has 0 saturated heterocycles. The van der Waals surface area contributed by atoms with Crippen LogP contribution in [0.5, 0.6) is 0 Å². The second-order valence-corrected chi connectivity index (χ2v) is 4.36. The molecule has 0 aromatic heterocycles. The average molecular weight is 269 g/mol. The number of hydrogen-bond donors (Lipinski definition) is 1. The fourth-order valence-corrected chi connectivity index (χ4v) is 1.64. The van der Waals surface area contributed by atoms with Crippen molar-refractivity contribution in [1.82, 2.24) is 5.01 Å². The lowest BCUT2D eigenvalue weighted by Gasteiger charge is -2.15. The van der Waals surface area contributed by atoms with Crippen LogP contribution >= 0.6 is 12.2 Å². The Morgan fingerprint density at radius 3 is 2.26 bits per heavy atom. The van der Waals surface area contributed by atoms with Crippen molar-refractivity contribution in [2.24, 2.45) is 5.10 Å². The molecule has 4 heteroatoms. The van der Waals surface area contributed by atoms with E-state index in [0.29, 0.717) is 5.11 Å². The first kappa shape index (κ1) is 13.2. The summed E-state index contributed by atoms with van der Waals surface area (Å²) in [7, 11) is 1.82. The minimum Gasteiger partial charge on any atom is -0.331 e. The van der Waals surface area contributed by atoms with Gasteiger partial charge in [0.05, 0.1) is 6.21 Å². The van der Waals surface area contributed by atoms with Gasteiger partial charge in [-0.3, -0.25) is 0 Å². The van der Waals surface area contributed by atoms with Gasteiger partial charge in [0.15, 0.2) is 5.11 Å². The van der Waals surface area contributed by atoms with Crippen molar-refractivity contribution in [3.8, 4) is 0 Å². The van der Waals surface area contributed by atoms with Crippen LogP contribution in [0.15, 0.2) is 65.8 Å². The minimum absolute atomic E-state index is 0.554. The summed E-state index contributed by atoms with van der Waals surface area (Å²) in [6.45, 7) is 0. The largest absolute Gasteiger partial charge is 0.331 e. The summed E-state index contributed by atoms with van der Waals surface area (Å²) in [5, 5.41) is 9.60. The first-order valence-corrected chi connectivity index (χ1v) is 6.35. The molecule has 19 heavy (non-hydrogen) atoms. The fourth-order valence-electron chi connectivity index (χ4n) is 1.47. The topological polar surface area (TPSA) is 27.6 Å². The molecule has 0 radical (unpaired) electrons. The molecular weight excluding hydrogens is 254 g/mol. The van der Waals surface area contributed by atoms with Crippen molar-refractivity contribution >= 4 is 29.2 Å². The predicted octanol–water partition coefficient (Wildman–Crippen LogP) is 3.35. The van der Waals surface area contributed by atoms with Gasteiger partial charge in [0.25, 0.3) is 0 Å². The zero-order chi connectivity index (χ0) is 13.5. The Hall–Kier alpha value is -2.20. The van der Waals surface area contributed by atoms with Gasteiger partial charge < -0.3 is 5.32 Å². The molecule has 2 aromatic carbocycles. The Bertz CT molecular complexity index is 552. The zero-order valence-electron chi connectivity index (χ0n) is 10.7. The lowest BCUT2D eigenvalue weighted by atomic mass is 10.2. The van der Waals surface area contributed by atoms with E-state index in [1.165, 1.54) is 0 Å². The number of hydrazone groups is 1. The molecule has 96 valence electrons. The van der Waals surface area contributed by atoms with Gasteiger partial charge >= 0.3 is 0 Å². The van der Waals surface area contributed by atoms with E-state index in [4.69, 9.17) is 12.2 Å². The van der Waals surface area contributed by atoms with Crippen molar-refractivity contribution < 1.29 is 0 Å². The zero-order valence-corrected chi connectivity index (χ0v) is 11.5. The Kier molecular flexibility index (Phi) is 4.64. The Morgan fingerprint density at radius 1 is 1.05 bits per heavy atom. The number of hydrogen-bond acceptors (Lipinski definition) is 2. The van der Waals surface area contributed by atoms with Crippen molar-refractivity contribution in [1.29, 1.82) is 0 Å². The Morgan fingerprint density at radius 2 is 1.63 bits per heavy atom. The number of nitrogens with zero attached hydrogens (tertiary/aromatic N) is 2. The third-order valence-electron chi connectivity index (χ3n) is 2.50. The highest BCUT2D eigenvalue weighted by Crippen LogP contribution is 2.06. The van der Waals surface area contributed by atoms with Crippen LogP contribution in [0.3, 0.4) is 0 Å². The summed E-state index contributed by atoms with van der Waals surface area (Å²) in [5.74, 6) is 0. The van der Waals surface area contributed by atoms with E-state index in [0.717, 1.165) is 11.3 Å². The Balaban J connectivity index is 1.95. The lowest BCUT2D eigenvalue weighted by molar-refractivity contribution is 0.557. The summed E-state index contributed by atoms with van der Waals surface area (Å²) in [5.41, 5.74) is 1.99. The van der Waals surface area contributed by atoms with Gasteiger partial charge in [0.1, 0.15) is 0 Å². The first-order valence-electron chi connectivity index (χ1n) is 5.94. The molecule has 2 rings (SSSR count). The van der Waals surface area contributed by atoms with Gasteiger partial charge in [0.2, 0.25) is 0 Å². The van der Waals surface area contributed by atoms with Gasteiger partial charge in [-0.25, -0.2) is 5.01 Å².